The van der Waals surface area contributed by atoms with Gasteiger partial charge < -0.3 is 4.57 Å². The molecule has 0 saturated carbocycles. The third kappa shape index (κ3) is 0.856. The van der Waals surface area contributed by atoms with Crippen LogP contribution in [-0.4, -0.2) is 11.1 Å². The van der Waals surface area contributed by atoms with Gasteiger partial charge in [0.15, 0.2) is 0 Å². The van der Waals surface area contributed by atoms with Crippen LogP contribution in [0.4, 0.5) is 0 Å². The zero-order chi connectivity index (χ0) is 9.83. The molecule has 0 radical (unpaired) electrons. The molecule has 2 aliphatic heterocycles. The molecule has 0 amide bonds. The lowest BCUT2D eigenvalue weighted by Gasteiger charge is -2.03. The predicted octanol–water partition coefficient (Wildman–Crippen LogP) is 2.78. The Bertz CT molecular complexity index is 567. The van der Waals surface area contributed by atoms with Crippen molar-refractivity contribution >= 4 is 10.9 Å². The van der Waals surface area contributed by atoms with Crippen LogP contribution in [0.15, 0.2) is 40.6 Å². The molecule has 1 aromatic carbocycles. The van der Waals surface area contributed by atoms with E-state index in [4.69, 9.17) is 0 Å². The Kier molecular flexibility index (Phi) is 1.26. The average Bonchev–Trinajstić information content (AvgIpc) is 2.87. The molecule has 3 heteroatoms. The summed E-state index contributed by atoms with van der Waals surface area (Å²) in [6.07, 6.45) is 0. The van der Waals surface area contributed by atoms with E-state index in [1.807, 2.05) is 0 Å². The van der Waals surface area contributed by atoms with Crippen molar-refractivity contribution in [2.45, 2.75) is 12.6 Å². The first-order chi connectivity index (χ1) is 7.43. The van der Waals surface area contributed by atoms with Gasteiger partial charge in [-0.1, -0.05) is 18.2 Å². The molecule has 0 fully saturated rings. The molecule has 15 heavy (non-hydrogen) atoms. The van der Waals surface area contributed by atoms with E-state index < -0.39 is 0 Å². The van der Waals surface area contributed by atoms with E-state index in [1.165, 1.54) is 16.6 Å². The van der Waals surface area contributed by atoms with Gasteiger partial charge in [-0.2, -0.15) is 10.2 Å². The van der Waals surface area contributed by atoms with Gasteiger partial charge in [-0.05, 0) is 17.5 Å². The van der Waals surface area contributed by atoms with Crippen molar-refractivity contribution in [3.05, 3.63) is 36.0 Å². The maximum absolute atomic E-state index is 4.34. The average molecular weight is 197 g/mol. The SMILES string of the molecule is c1ccc2c(c1)cc1n2C[C@@H]2CN=N[C@H]12. The van der Waals surface area contributed by atoms with Crippen molar-refractivity contribution in [1.29, 1.82) is 0 Å². The zero-order valence-corrected chi connectivity index (χ0v) is 8.30. The van der Waals surface area contributed by atoms with Crippen LogP contribution in [0.25, 0.3) is 10.9 Å². The quantitative estimate of drug-likeness (QED) is 0.621. The lowest BCUT2D eigenvalue weighted by Crippen LogP contribution is -2.04. The van der Waals surface area contributed by atoms with Crippen LogP contribution in [0, 0.1) is 5.92 Å². The summed E-state index contributed by atoms with van der Waals surface area (Å²) < 4.78 is 2.41. The standard InChI is InChI=1S/C12H11N3/c1-2-4-10-8(3-1)5-11-12-9(6-13-14-12)7-15(10)11/h1-5,9,12H,6-7H2/t9-,12-/m0/s1. The van der Waals surface area contributed by atoms with Crippen LogP contribution in [0.1, 0.15) is 11.7 Å². The summed E-state index contributed by atoms with van der Waals surface area (Å²) in [4.78, 5) is 0. The minimum atomic E-state index is 0.331. The van der Waals surface area contributed by atoms with E-state index in [0.717, 1.165) is 13.1 Å². The monoisotopic (exact) mass is 197 g/mol. The molecule has 2 aromatic rings. The number of benzene rings is 1. The van der Waals surface area contributed by atoms with Crippen LogP contribution in [-0.2, 0) is 6.54 Å². The van der Waals surface area contributed by atoms with Gasteiger partial charge >= 0.3 is 0 Å². The molecule has 0 aliphatic carbocycles. The largest absolute Gasteiger partial charge is 0.342 e. The van der Waals surface area contributed by atoms with Crippen molar-refractivity contribution in [3.63, 3.8) is 0 Å². The summed E-state index contributed by atoms with van der Waals surface area (Å²) in [5, 5.41) is 9.81. The van der Waals surface area contributed by atoms with Crippen LogP contribution in [0.3, 0.4) is 0 Å². The molecular weight excluding hydrogens is 186 g/mol. The molecule has 2 atom stereocenters. The summed E-state index contributed by atoms with van der Waals surface area (Å²) in [7, 11) is 0. The Morgan fingerprint density at radius 2 is 2.20 bits per heavy atom. The number of rotatable bonds is 0. The lowest BCUT2D eigenvalue weighted by atomic mass is 10.0. The maximum Gasteiger partial charge on any atom is 0.117 e. The van der Waals surface area contributed by atoms with E-state index in [1.54, 1.807) is 0 Å². The Morgan fingerprint density at radius 3 is 3.20 bits per heavy atom. The van der Waals surface area contributed by atoms with Crippen LogP contribution in [0.2, 0.25) is 0 Å². The molecule has 4 rings (SSSR count). The zero-order valence-electron chi connectivity index (χ0n) is 8.30. The highest BCUT2D eigenvalue weighted by Gasteiger charge is 2.36. The van der Waals surface area contributed by atoms with Crippen molar-refractivity contribution in [1.82, 2.24) is 4.57 Å². The fraction of sp³-hybridized carbons (Fsp3) is 0.333. The minimum Gasteiger partial charge on any atom is -0.342 e. The molecule has 3 nitrogen and oxygen atoms in total. The maximum atomic E-state index is 4.34. The first-order valence-corrected chi connectivity index (χ1v) is 5.38. The summed E-state index contributed by atoms with van der Waals surface area (Å²) in [6, 6.07) is 11.2. The van der Waals surface area contributed by atoms with E-state index in [9.17, 15) is 0 Å². The molecule has 0 unspecified atom stereocenters. The highest BCUT2D eigenvalue weighted by atomic mass is 15.2. The number of hydrogen-bond donors (Lipinski definition) is 0. The molecule has 0 bridgehead atoms. The summed E-state index contributed by atoms with van der Waals surface area (Å²) >= 11 is 0. The Labute approximate surface area is 87.4 Å². The van der Waals surface area contributed by atoms with Crippen molar-refractivity contribution in [3.8, 4) is 0 Å². The first-order valence-electron chi connectivity index (χ1n) is 5.38. The van der Waals surface area contributed by atoms with Gasteiger partial charge in [-0.3, -0.25) is 0 Å². The number of hydrogen-bond acceptors (Lipinski definition) is 2. The van der Waals surface area contributed by atoms with Gasteiger partial charge in [-0.25, -0.2) is 0 Å². The third-order valence-corrected chi connectivity index (χ3v) is 3.53. The normalized spacial score (nSPS) is 27.2. The minimum absolute atomic E-state index is 0.331. The first kappa shape index (κ1) is 7.63. The molecule has 1 aromatic heterocycles. The van der Waals surface area contributed by atoms with Crippen molar-refractivity contribution in [2.75, 3.05) is 6.54 Å². The lowest BCUT2D eigenvalue weighted by molar-refractivity contribution is 0.512. The molecule has 74 valence electrons. The van der Waals surface area contributed by atoms with Crippen LogP contribution >= 0.6 is 0 Å². The van der Waals surface area contributed by atoms with Gasteiger partial charge in [0.25, 0.3) is 0 Å². The van der Waals surface area contributed by atoms with E-state index in [0.29, 0.717) is 12.0 Å². The second-order valence-electron chi connectivity index (χ2n) is 4.38. The fourth-order valence-corrected chi connectivity index (χ4v) is 2.81. The molecular formula is C12H11N3. The molecule has 3 heterocycles. The topological polar surface area (TPSA) is 29.6 Å². The number of fused-ring (bicyclic) bond motifs is 5. The number of nitrogens with zero attached hydrogens (tertiary/aromatic N) is 3. The number of aromatic nitrogens is 1. The van der Waals surface area contributed by atoms with Gasteiger partial charge in [0.05, 0.1) is 6.54 Å². The smallest absolute Gasteiger partial charge is 0.117 e. The second kappa shape index (κ2) is 2.48. The van der Waals surface area contributed by atoms with Crippen LogP contribution in [0.5, 0.6) is 0 Å². The molecule has 0 saturated heterocycles. The molecule has 0 spiro atoms. The Morgan fingerprint density at radius 1 is 1.27 bits per heavy atom. The van der Waals surface area contributed by atoms with Gasteiger partial charge in [-0.15, -0.1) is 0 Å². The van der Waals surface area contributed by atoms with Gasteiger partial charge in [0.2, 0.25) is 0 Å². The predicted molar refractivity (Wildman–Crippen MR) is 57.9 cm³/mol. The van der Waals surface area contributed by atoms with E-state index in [2.05, 4.69) is 45.1 Å². The summed E-state index contributed by atoms with van der Waals surface area (Å²) in [5.74, 6) is 0.615. The van der Waals surface area contributed by atoms with Crippen molar-refractivity contribution < 1.29 is 0 Å². The van der Waals surface area contributed by atoms with E-state index >= 15 is 0 Å². The Balaban J connectivity index is 2.03. The second-order valence-corrected chi connectivity index (χ2v) is 4.38. The summed E-state index contributed by atoms with van der Waals surface area (Å²) in [6.45, 7) is 1.99. The third-order valence-electron chi connectivity index (χ3n) is 3.53. The van der Waals surface area contributed by atoms with Crippen LogP contribution < -0.4 is 0 Å². The van der Waals surface area contributed by atoms with Gasteiger partial charge in [0, 0.05) is 23.7 Å². The molecule has 2 aliphatic rings. The fourth-order valence-electron chi connectivity index (χ4n) is 2.81. The Hall–Kier alpha value is -1.64. The number of para-hydroxylation sites is 1. The highest BCUT2D eigenvalue weighted by Crippen LogP contribution is 2.41. The highest BCUT2D eigenvalue weighted by molar-refractivity contribution is 5.81. The summed E-state index contributed by atoms with van der Waals surface area (Å²) in [5.41, 5.74) is 2.69. The molecule has 0 N–H and O–H groups in total. The van der Waals surface area contributed by atoms with Crippen molar-refractivity contribution in [2.24, 2.45) is 16.1 Å². The van der Waals surface area contributed by atoms with Gasteiger partial charge in [0.1, 0.15) is 6.04 Å². The van der Waals surface area contributed by atoms with E-state index in [-0.39, 0.29) is 0 Å². The number of azo groups is 1.